The Morgan fingerprint density at radius 3 is 1.95 bits per heavy atom. The molecule has 0 amide bonds. The fourth-order valence-electron chi connectivity index (χ4n) is 4.00. The molecule has 0 heterocycles. The maximum absolute atomic E-state index is 11.7. The molecule has 0 saturated carbocycles. The standard InChI is InChI=1S/C29H21N5O7S/c35-25-13-11-21(15-23(25)29(37)38)33-31-19-7-9-20(10-8-19)32-34-28-24(30-18-4-2-1-3-5-18)12-6-17-14-22(42(39,40)41)16-26(36)27(17)28/h1-16,30,35-36H,(H,37,38)(H,39,40,41). The van der Waals surface area contributed by atoms with E-state index >= 15 is 0 Å². The number of rotatable bonds is 8. The molecule has 5 aromatic carbocycles. The molecule has 0 unspecified atom stereocenters. The molecule has 0 aliphatic carbocycles. The summed E-state index contributed by atoms with van der Waals surface area (Å²) in [6.45, 7) is 0. The summed E-state index contributed by atoms with van der Waals surface area (Å²) in [4.78, 5) is 10.7. The number of fused-ring (bicyclic) bond motifs is 1. The average molecular weight is 584 g/mol. The second-order valence-electron chi connectivity index (χ2n) is 8.89. The van der Waals surface area contributed by atoms with Crippen LogP contribution in [0.3, 0.4) is 0 Å². The number of carboxylic acid groups (broad SMARTS) is 1. The first-order valence-corrected chi connectivity index (χ1v) is 13.6. The number of hydrogen-bond donors (Lipinski definition) is 5. The van der Waals surface area contributed by atoms with Gasteiger partial charge in [-0.3, -0.25) is 4.55 Å². The highest BCUT2D eigenvalue weighted by Gasteiger charge is 2.18. The number of azo groups is 2. The third-order valence-corrected chi connectivity index (χ3v) is 6.83. The van der Waals surface area contributed by atoms with Gasteiger partial charge in [-0.25, -0.2) is 4.79 Å². The van der Waals surface area contributed by atoms with Crippen LogP contribution in [-0.2, 0) is 10.1 Å². The highest BCUT2D eigenvalue weighted by Crippen LogP contribution is 2.42. The Hall–Kier alpha value is -5.66. The minimum atomic E-state index is -4.56. The van der Waals surface area contributed by atoms with Crippen LogP contribution in [0.1, 0.15) is 10.4 Å². The molecular weight excluding hydrogens is 562 g/mol. The van der Waals surface area contributed by atoms with Crippen molar-refractivity contribution in [3.05, 3.63) is 103 Å². The zero-order valence-corrected chi connectivity index (χ0v) is 22.3. The van der Waals surface area contributed by atoms with Crippen LogP contribution in [0, 0.1) is 0 Å². The van der Waals surface area contributed by atoms with Gasteiger partial charge in [0.05, 0.1) is 33.0 Å². The van der Waals surface area contributed by atoms with Crippen molar-refractivity contribution in [1.29, 1.82) is 0 Å². The molecule has 0 aliphatic heterocycles. The van der Waals surface area contributed by atoms with Gasteiger partial charge in [-0.1, -0.05) is 24.3 Å². The first kappa shape index (κ1) is 27.9. The Morgan fingerprint density at radius 1 is 0.690 bits per heavy atom. The van der Waals surface area contributed by atoms with Gasteiger partial charge in [0.25, 0.3) is 10.1 Å². The van der Waals surface area contributed by atoms with E-state index in [1.807, 2.05) is 30.3 Å². The topological polar surface area (TPSA) is 194 Å². The van der Waals surface area contributed by atoms with Crippen molar-refractivity contribution in [1.82, 2.24) is 0 Å². The molecule has 0 fully saturated rings. The van der Waals surface area contributed by atoms with Gasteiger partial charge in [0, 0.05) is 11.8 Å². The van der Waals surface area contributed by atoms with Crippen molar-refractivity contribution in [2.24, 2.45) is 20.5 Å². The number of hydrogen-bond acceptors (Lipinski definition) is 10. The number of carbonyl (C=O) groups is 1. The smallest absolute Gasteiger partial charge is 0.339 e. The Labute approximate surface area is 238 Å². The second kappa shape index (κ2) is 11.4. The normalized spacial score (nSPS) is 11.8. The van der Waals surface area contributed by atoms with Crippen LogP contribution < -0.4 is 5.32 Å². The second-order valence-corrected chi connectivity index (χ2v) is 10.3. The molecular formula is C29H21N5O7S. The van der Waals surface area contributed by atoms with Crippen molar-refractivity contribution in [2.45, 2.75) is 4.90 Å². The summed E-state index contributed by atoms with van der Waals surface area (Å²) in [5.74, 6) is -2.08. The summed E-state index contributed by atoms with van der Waals surface area (Å²) >= 11 is 0. The van der Waals surface area contributed by atoms with Gasteiger partial charge < -0.3 is 20.6 Å². The average Bonchev–Trinajstić information content (AvgIpc) is 2.96. The highest BCUT2D eigenvalue weighted by atomic mass is 32.2. The van der Waals surface area contributed by atoms with E-state index in [0.717, 1.165) is 11.8 Å². The summed E-state index contributed by atoms with van der Waals surface area (Å²) in [6.07, 6.45) is 0. The molecule has 0 saturated heterocycles. The minimum Gasteiger partial charge on any atom is -0.507 e. The number of aromatic hydroxyl groups is 2. The molecule has 5 N–H and O–H groups in total. The van der Waals surface area contributed by atoms with Crippen LogP contribution in [0.25, 0.3) is 10.8 Å². The SMILES string of the molecule is O=C(O)c1cc(N=Nc2ccc(N=Nc3c(Nc4ccccc4)ccc4cc(S(=O)(=O)O)cc(O)c34)cc2)ccc1O. The lowest BCUT2D eigenvalue weighted by Gasteiger charge is -2.13. The van der Waals surface area contributed by atoms with Crippen LogP contribution in [0.15, 0.2) is 122 Å². The van der Waals surface area contributed by atoms with E-state index in [4.69, 9.17) is 5.11 Å². The van der Waals surface area contributed by atoms with E-state index in [1.165, 1.54) is 24.3 Å². The van der Waals surface area contributed by atoms with E-state index in [-0.39, 0.29) is 28.1 Å². The Balaban J connectivity index is 1.48. The first-order valence-electron chi connectivity index (χ1n) is 12.2. The monoisotopic (exact) mass is 583 g/mol. The minimum absolute atomic E-state index is 0.215. The number of nitrogens with zero attached hydrogens (tertiary/aromatic N) is 4. The van der Waals surface area contributed by atoms with Crippen LogP contribution in [0.4, 0.5) is 34.1 Å². The van der Waals surface area contributed by atoms with Crippen molar-refractivity contribution in [3.63, 3.8) is 0 Å². The fourth-order valence-corrected chi connectivity index (χ4v) is 4.53. The summed E-state index contributed by atoms with van der Waals surface area (Å²) in [7, 11) is -4.56. The van der Waals surface area contributed by atoms with Gasteiger partial charge in [-0.05, 0) is 72.1 Å². The van der Waals surface area contributed by atoms with Crippen molar-refractivity contribution in [3.8, 4) is 11.5 Å². The number of carboxylic acids is 1. The number of benzene rings is 5. The molecule has 0 radical (unpaired) electrons. The molecule has 5 aromatic rings. The lowest BCUT2D eigenvalue weighted by atomic mass is 10.1. The number of nitrogens with one attached hydrogen (secondary N) is 1. The third-order valence-electron chi connectivity index (χ3n) is 6.00. The van der Waals surface area contributed by atoms with Crippen molar-refractivity contribution >= 4 is 61.0 Å². The van der Waals surface area contributed by atoms with Crippen LogP contribution in [0.5, 0.6) is 11.5 Å². The van der Waals surface area contributed by atoms with E-state index < -0.39 is 26.7 Å². The lowest BCUT2D eigenvalue weighted by Crippen LogP contribution is -1.98. The number of para-hydroxylation sites is 1. The van der Waals surface area contributed by atoms with Crippen LogP contribution in [0.2, 0.25) is 0 Å². The molecule has 0 aromatic heterocycles. The van der Waals surface area contributed by atoms with Gasteiger partial charge >= 0.3 is 5.97 Å². The zero-order chi connectivity index (χ0) is 29.9. The molecule has 0 aliphatic rings. The quantitative estimate of drug-likeness (QED) is 0.0902. The number of aromatic carboxylic acids is 1. The maximum atomic E-state index is 11.7. The van der Waals surface area contributed by atoms with E-state index in [9.17, 15) is 28.0 Å². The molecule has 12 nitrogen and oxygen atoms in total. The van der Waals surface area contributed by atoms with Gasteiger partial charge in [-0.15, -0.1) is 5.11 Å². The summed E-state index contributed by atoms with van der Waals surface area (Å²) in [5.41, 5.74) is 2.24. The highest BCUT2D eigenvalue weighted by molar-refractivity contribution is 7.85. The van der Waals surface area contributed by atoms with Crippen molar-refractivity contribution in [2.75, 3.05) is 5.32 Å². The largest absolute Gasteiger partial charge is 0.507 e. The van der Waals surface area contributed by atoms with Crippen LogP contribution >= 0.6 is 0 Å². The fraction of sp³-hybridized carbons (Fsp3) is 0. The van der Waals surface area contributed by atoms with Gasteiger partial charge in [-0.2, -0.15) is 23.8 Å². The zero-order valence-electron chi connectivity index (χ0n) is 21.4. The number of phenolic OH excluding ortho intramolecular Hbond substituents is 1. The molecule has 0 bridgehead atoms. The summed E-state index contributed by atoms with van der Waals surface area (Å²) < 4.78 is 32.8. The van der Waals surface area contributed by atoms with Gasteiger partial charge in [0.2, 0.25) is 0 Å². The van der Waals surface area contributed by atoms with E-state index in [1.54, 1.807) is 36.4 Å². The number of anilines is 2. The Bertz CT molecular complexity index is 1980. The molecule has 42 heavy (non-hydrogen) atoms. The van der Waals surface area contributed by atoms with Gasteiger partial charge in [0.15, 0.2) is 0 Å². The maximum Gasteiger partial charge on any atom is 0.339 e. The molecule has 13 heteroatoms. The van der Waals surface area contributed by atoms with Crippen molar-refractivity contribution < 1.29 is 33.1 Å². The molecule has 5 rings (SSSR count). The Kier molecular flexibility index (Phi) is 7.60. The molecule has 0 spiro atoms. The van der Waals surface area contributed by atoms with Crippen LogP contribution in [-0.4, -0.2) is 34.3 Å². The number of phenols is 2. The molecule has 210 valence electrons. The first-order chi connectivity index (χ1) is 20.1. The Morgan fingerprint density at radius 2 is 1.31 bits per heavy atom. The molecule has 0 atom stereocenters. The predicted molar refractivity (Wildman–Crippen MR) is 155 cm³/mol. The summed E-state index contributed by atoms with van der Waals surface area (Å²) in [5, 5.41) is 50.0. The van der Waals surface area contributed by atoms with E-state index in [2.05, 4.69) is 25.8 Å². The lowest BCUT2D eigenvalue weighted by molar-refractivity contribution is 0.0693. The summed E-state index contributed by atoms with van der Waals surface area (Å²) in [6, 6.07) is 24.9. The van der Waals surface area contributed by atoms with E-state index in [0.29, 0.717) is 22.4 Å². The third kappa shape index (κ3) is 6.22. The van der Waals surface area contributed by atoms with Gasteiger partial charge in [0.1, 0.15) is 22.7 Å². The predicted octanol–water partition coefficient (Wildman–Crippen LogP) is 7.77.